The summed E-state index contributed by atoms with van der Waals surface area (Å²) in [4.78, 5) is 0.0424. The van der Waals surface area contributed by atoms with Crippen LogP contribution in [0, 0.1) is 5.82 Å². The molecule has 7 heteroatoms. The van der Waals surface area contributed by atoms with Gasteiger partial charge < -0.3 is 10.5 Å². The van der Waals surface area contributed by atoms with E-state index in [1.807, 2.05) is 0 Å². The van der Waals surface area contributed by atoms with Crippen molar-refractivity contribution in [3.63, 3.8) is 0 Å². The number of ether oxygens (including phenoxy) is 1. The van der Waals surface area contributed by atoms with Gasteiger partial charge in [-0.1, -0.05) is 0 Å². The Bertz CT molecular complexity index is 542. The topological polar surface area (TPSA) is 81.4 Å². The lowest BCUT2D eigenvalue weighted by molar-refractivity contribution is 0.0832. The molecule has 0 atom stereocenters. The molecule has 0 amide bonds. The molecule has 3 N–H and O–H groups in total. The predicted octanol–water partition coefficient (Wildman–Crippen LogP) is 0.742. The highest BCUT2D eigenvalue weighted by Gasteiger charge is 2.22. The standard InChI is InChI=1S/C12H17FN2O3S/c13-12-2-1-11(7-9(12)8-14)19(16,17)15-10-3-5-18-6-4-10/h1-2,7,10,15H,3-6,8,14H2. The molecule has 1 fully saturated rings. The Labute approximate surface area is 112 Å². The van der Waals surface area contributed by atoms with E-state index < -0.39 is 15.8 Å². The van der Waals surface area contributed by atoms with E-state index in [1.165, 1.54) is 12.1 Å². The minimum Gasteiger partial charge on any atom is -0.381 e. The van der Waals surface area contributed by atoms with Crippen molar-refractivity contribution in [2.75, 3.05) is 13.2 Å². The highest BCUT2D eigenvalue weighted by Crippen LogP contribution is 2.17. The molecule has 1 aliphatic rings. The number of rotatable bonds is 4. The zero-order valence-electron chi connectivity index (χ0n) is 10.4. The van der Waals surface area contributed by atoms with Gasteiger partial charge in [0.15, 0.2) is 0 Å². The Morgan fingerprint density at radius 2 is 2.05 bits per heavy atom. The van der Waals surface area contributed by atoms with Crippen LogP contribution in [0.5, 0.6) is 0 Å². The number of nitrogens with two attached hydrogens (primary N) is 1. The molecule has 0 aliphatic carbocycles. The highest BCUT2D eigenvalue weighted by molar-refractivity contribution is 7.89. The average Bonchev–Trinajstić information content (AvgIpc) is 2.39. The second-order valence-corrected chi connectivity index (χ2v) is 6.18. The van der Waals surface area contributed by atoms with Crippen molar-refractivity contribution in [3.8, 4) is 0 Å². The van der Waals surface area contributed by atoms with Gasteiger partial charge in [-0.15, -0.1) is 0 Å². The maximum atomic E-state index is 13.3. The fourth-order valence-electron chi connectivity index (χ4n) is 1.98. The lowest BCUT2D eigenvalue weighted by Gasteiger charge is -2.23. The quantitative estimate of drug-likeness (QED) is 0.856. The van der Waals surface area contributed by atoms with Crippen LogP contribution in [0.1, 0.15) is 18.4 Å². The van der Waals surface area contributed by atoms with Crippen LogP contribution in [0.4, 0.5) is 4.39 Å². The van der Waals surface area contributed by atoms with E-state index in [4.69, 9.17) is 10.5 Å². The minimum atomic E-state index is -3.64. The zero-order chi connectivity index (χ0) is 13.9. The third kappa shape index (κ3) is 3.50. The molecule has 0 radical (unpaired) electrons. The molecular formula is C12H17FN2O3S. The summed E-state index contributed by atoms with van der Waals surface area (Å²) >= 11 is 0. The van der Waals surface area contributed by atoms with E-state index in [1.54, 1.807) is 0 Å². The molecule has 1 heterocycles. The monoisotopic (exact) mass is 288 g/mol. The first-order chi connectivity index (χ1) is 9.03. The largest absolute Gasteiger partial charge is 0.381 e. The Morgan fingerprint density at radius 3 is 2.68 bits per heavy atom. The number of benzene rings is 1. The molecule has 0 bridgehead atoms. The molecule has 19 heavy (non-hydrogen) atoms. The van der Waals surface area contributed by atoms with Crippen LogP contribution in [0.25, 0.3) is 0 Å². The fourth-order valence-corrected chi connectivity index (χ4v) is 3.33. The molecule has 1 saturated heterocycles. The first kappa shape index (κ1) is 14.4. The number of hydrogen-bond donors (Lipinski definition) is 2. The lowest BCUT2D eigenvalue weighted by Crippen LogP contribution is -2.38. The van der Waals surface area contributed by atoms with Crippen LogP contribution in [0.3, 0.4) is 0 Å². The zero-order valence-corrected chi connectivity index (χ0v) is 11.2. The lowest BCUT2D eigenvalue weighted by atomic mass is 10.1. The van der Waals surface area contributed by atoms with Gasteiger partial charge in [-0.2, -0.15) is 0 Å². The van der Waals surface area contributed by atoms with Crippen LogP contribution in [-0.2, 0) is 21.3 Å². The summed E-state index contributed by atoms with van der Waals surface area (Å²) in [6, 6.07) is 3.51. The van der Waals surface area contributed by atoms with Gasteiger partial charge >= 0.3 is 0 Å². The van der Waals surface area contributed by atoms with Crippen molar-refractivity contribution in [2.24, 2.45) is 5.73 Å². The van der Waals surface area contributed by atoms with E-state index >= 15 is 0 Å². The summed E-state index contributed by atoms with van der Waals surface area (Å²) < 4.78 is 45.4. The molecule has 106 valence electrons. The van der Waals surface area contributed by atoms with Crippen LogP contribution in [0.2, 0.25) is 0 Å². The van der Waals surface area contributed by atoms with Gasteiger partial charge in [0.1, 0.15) is 5.82 Å². The van der Waals surface area contributed by atoms with Crippen molar-refractivity contribution in [1.82, 2.24) is 4.72 Å². The van der Waals surface area contributed by atoms with Crippen molar-refractivity contribution < 1.29 is 17.5 Å². The Kier molecular flexibility index (Phi) is 4.51. The van der Waals surface area contributed by atoms with Gasteiger partial charge in [0.05, 0.1) is 4.90 Å². The normalized spacial score (nSPS) is 17.6. The Morgan fingerprint density at radius 1 is 1.37 bits per heavy atom. The van der Waals surface area contributed by atoms with Crippen LogP contribution in [-0.4, -0.2) is 27.7 Å². The third-order valence-electron chi connectivity index (χ3n) is 3.09. The van der Waals surface area contributed by atoms with Gasteiger partial charge in [-0.25, -0.2) is 17.5 Å². The summed E-state index contributed by atoms with van der Waals surface area (Å²) in [6.45, 7) is 1.06. The molecule has 0 unspecified atom stereocenters. The minimum absolute atomic E-state index is 0.0353. The number of nitrogens with one attached hydrogen (secondary N) is 1. The number of hydrogen-bond acceptors (Lipinski definition) is 4. The van der Waals surface area contributed by atoms with Crippen molar-refractivity contribution in [1.29, 1.82) is 0 Å². The molecule has 1 aliphatic heterocycles. The fraction of sp³-hybridized carbons (Fsp3) is 0.500. The second-order valence-electron chi connectivity index (χ2n) is 4.47. The molecule has 0 aromatic heterocycles. The van der Waals surface area contributed by atoms with Crippen molar-refractivity contribution >= 4 is 10.0 Å². The first-order valence-electron chi connectivity index (χ1n) is 6.11. The van der Waals surface area contributed by atoms with E-state index in [-0.39, 0.29) is 23.0 Å². The maximum Gasteiger partial charge on any atom is 0.240 e. The van der Waals surface area contributed by atoms with Crippen LogP contribution >= 0.6 is 0 Å². The van der Waals surface area contributed by atoms with Gasteiger partial charge in [-0.3, -0.25) is 0 Å². The SMILES string of the molecule is NCc1cc(S(=O)(=O)NC2CCOCC2)ccc1F. The predicted molar refractivity (Wildman–Crippen MR) is 68.5 cm³/mol. The number of sulfonamides is 1. The Hall–Kier alpha value is -1.02. The van der Waals surface area contributed by atoms with Gasteiger partial charge in [0.2, 0.25) is 10.0 Å². The maximum absolute atomic E-state index is 13.3. The molecule has 0 saturated carbocycles. The van der Waals surface area contributed by atoms with Crippen molar-refractivity contribution in [3.05, 3.63) is 29.6 Å². The summed E-state index contributed by atoms with van der Waals surface area (Å²) in [5.41, 5.74) is 5.56. The summed E-state index contributed by atoms with van der Waals surface area (Å²) in [5.74, 6) is -0.493. The van der Waals surface area contributed by atoms with E-state index in [2.05, 4.69) is 4.72 Å². The van der Waals surface area contributed by atoms with Crippen LogP contribution < -0.4 is 10.5 Å². The van der Waals surface area contributed by atoms with Gasteiger partial charge in [0, 0.05) is 31.4 Å². The van der Waals surface area contributed by atoms with Crippen molar-refractivity contribution in [2.45, 2.75) is 30.3 Å². The molecule has 2 rings (SSSR count). The van der Waals surface area contributed by atoms with E-state index in [0.29, 0.717) is 26.1 Å². The Balaban J connectivity index is 2.18. The molecular weight excluding hydrogens is 271 g/mol. The summed E-state index contributed by atoms with van der Waals surface area (Å²) in [5, 5.41) is 0. The molecule has 1 aromatic carbocycles. The third-order valence-corrected chi connectivity index (χ3v) is 4.61. The summed E-state index contributed by atoms with van der Waals surface area (Å²) in [7, 11) is -3.64. The molecule has 5 nitrogen and oxygen atoms in total. The van der Waals surface area contributed by atoms with Crippen LogP contribution in [0.15, 0.2) is 23.1 Å². The van der Waals surface area contributed by atoms with E-state index in [0.717, 1.165) is 6.07 Å². The molecule has 1 aromatic rings. The summed E-state index contributed by atoms with van der Waals surface area (Å²) in [6.07, 6.45) is 1.29. The van der Waals surface area contributed by atoms with Gasteiger partial charge in [0.25, 0.3) is 0 Å². The van der Waals surface area contributed by atoms with Gasteiger partial charge in [-0.05, 0) is 31.0 Å². The van der Waals surface area contributed by atoms with E-state index in [9.17, 15) is 12.8 Å². The highest BCUT2D eigenvalue weighted by atomic mass is 32.2. The average molecular weight is 288 g/mol. The first-order valence-corrected chi connectivity index (χ1v) is 7.60. The number of halogens is 1. The molecule has 0 spiro atoms. The second kappa shape index (κ2) is 5.96. The smallest absolute Gasteiger partial charge is 0.240 e.